The van der Waals surface area contributed by atoms with Gasteiger partial charge in [-0.3, -0.25) is 0 Å². The maximum atomic E-state index is 3.50. The van der Waals surface area contributed by atoms with E-state index < -0.39 is 0 Å². The molecule has 0 saturated carbocycles. The maximum absolute atomic E-state index is 3.50. The number of halogens is 1. The zero-order valence-electron chi connectivity index (χ0n) is 10.5. The Hall–Kier alpha value is -0.930. The van der Waals surface area contributed by atoms with E-state index in [1.807, 2.05) is 0 Å². The van der Waals surface area contributed by atoms with Crippen molar-refractivity contribution in [2.24, 2.45) is 0 Å². The van der Waals surface area contributed by atoms with Crippen molar-refractivity contribution in [3.63, 3.8) is 0 Å². The third-order valence-corrected chi connectivity index (χ3v) is 4.08. The van der Waals surface area contributed by atoms with Crippen LogP contribution in [0.1, 0.15) is 11.1 Å². The lowest BCUT2D eigenvalue weighted by Crippen LogP contribution is -2.00. The van der Waals surface area contributed by atoms with E-state index in [1.54, 1.807) is 11.8 Å². The summed E-state index contributed by atoms with van der Waals surface area (Å²) in [4.78, 5) is 1.30. The summed E-state index contributed by atoms with van der Waals surface area (Å²) in [5.41, 5.74) is 3.74. The fourth-order valence-corrected chi connectivity index (χ4v) is 2.49. The number of benzene rings is 2. The average molecular weight is 322 g/mol. The van der Waals surface area contributed by atoms with Crippen LogP contribution in [0.2, 0.25) is 0 Å². The number of hydrogen-bond donors (Lipinski definition) is 1. The molecule has 0 fully saturated rings. The molecule has 0 aromatic heterocycles. The van der Waals surface area contributed by atoms with Crippen LogP contribution in [0.4, 0.5) is 5.69 Å². The first kappa shape index (κ1) is 13.5. The first-order chi connectivity index (χ1) is 8.69. The Bertz CT molecular complexity index is 523. The summed E-state index contributed by atoms with van der Waals surface area (Å²) in [6.07, 6.45) is 2.10. The molecule has 94 valence electrons. The molecule has 0 radical (unpaired) electrons. The van der Waals surface area contributed by atoms with Gasteiger partial charge in [0.1, 0.15) is 0 Å². The third-order valence-electron chi connectivity index (χ3n) is 2.84. The van der Waals surface area contributed by atoms with Crippen molar-refractivity contribution in [3.8, 4) is 0 Å². The van der Waals surface area contributed by atoms with Crippen molar-refractivity contribution < 1.29 is 0 Å². The summed E-state index contributed by atoms with van der Waals surface area (Å²) in [5.74, 6) is 0. The fraction of sp³-hybridized carbons (Fsp3) is 0.200. The van der Waals surface area contributed by atoms with Gasteiger partial charge in [0.05, 0.1) is 0 Å². The SMILES string of the molecule is CSc1ccc(CNc2cc(Br)ccc2C)cc1. The second-order valence-corrected chi connectivity index (χ2v) is 5.96. The molecule has 3 heteroatoms. The Morgan fingerprint density at radius 2 is 1.83 bits per heavy atom. The molecule has 0 atom stereocenters. The molecule has 18 heavy (non-hydrogen) atoms. The Morgan fingerprint density at radius 1 is 1.11 bits per heavy atom. The van der Waals surface area contributed by atoms with E-state index in [4.69, 9.17) is 0 Å². The van der Waals surface area contributed by atoms with Gasteiger partial charge in [0.2, 0.25) is 0 Å². The molecular weight excluding hydrogens is 306 g/mol. The van der Waals surface area contributed by atoms with E-state index in [-0.39, 0.29) is 0 Å². The number of rotatable bonds is 4. The number of hydrogen-bond acceptors (Lipinski definition) is 2. The third kappa shape index (κ3) is 3.53. The van der Waals surface area contributed by atoms with Gasteiger partial charge >= 0.3 is 0 Å². The number of aryl methyl sites for hydroxylation is 1. The molecule has 2 aromatic rings. The Morgan fingerprint density at radius 3 is 2.50 bits per heavy atom. The molecule has 0 heterocycles. The van der Waals surface area contributed by atoms with Crippen LogP contribution in [-0.4, -0.2) is 6.26 Å². The van der Waals surface area contributed by atoms with Crippen molar-refractivity contribution in [1.82, 2.24) is 0 Å². The topological polar surface area (TPSA) is 12.0 Å². The lowest BCUT2D eigenvalue weighted by Gasteiger charge is -2.10. The molecular formula is C15H16BrNS. The molecule has 0 aliphatic heterocycles. The highest BCUT2D eigenvalue weighted by atomic mass is 79.9. The fourth-order valence-electron chi connectivity index (χ4n) is 1.73. The molecule has 2 rings (SSSR count). The standard InChI is InChI=1S/C15H16BrNS/c1-11-3-6-13(16)9-15(11)17-10-12-4-7-14(18-2)8-5-12/h3-9,17H,10H2,1-2H3. The number of nitrogens with one attached hydrogen (secondary N) is 1. The van der Waals surface area contributed by atoms with E-state index in [0.29, 0.717) is 0 Å². The predicted molar refractivity (Wildman–Crippen MR) is 84.4 cm³/mol. The molecule has 0 unspecified atom stereocenters. The highest BCUT2D eigenvalue weighted by Gasteiger charge is 1.99. The van der Waals surface area contributed by atoms with E-state index in [0.717, 1.165) is 11.0 Å². The van der Waals surface area contributed by atoms with Crippen LogP contribution in [0.5, 0.6) is 0 Å². The Balaban J connectivity index is 2.04. The number of thioether (sulfide) groups is 1. The highest BCUT2D eigenvalue weighted by molar-refractivity contribution is 9.10. The molecule has 0 spiro atoms. The molecule has 0 aliphatic carbocycles. The lowest BCUT2D eigenvalue weighted by atomic mass is 10.2. The second-order valence-electron chi connectivity index (χ2n) is 4.16. The molecule has 2 aromatic carbocycles. The monoisotopic (exact) mass is 321 g/mol. The number of anilines is 1. The van der Waals surface area contributed by atoms with Crippen LogP contribution < -0.4 is 5.32 Å². The molecule has 0 amide bonds. The molecule has 0 bridgehead atoms. The highest BCUT2D eigenvalue weighted by Crippen LogP contribution is 2.21. The predicted octanol–water partition coefficient (Wildman–Crippen LogP) is 5.09. The van der Waals surface area contributed by atoms with Crippen molar-refractivity contribution in [3.05, 3.63) is 58.1 Å². The Kier molecular flexibility index (Phi) is 4.72. The van der Waals surface area contributed by atoms with Gasteiger partial charge in [-0.15, -0.1) is 11.8 Å². The molecule has 1 N–H and O–H groups in total. The van der Waals surface area contributed by atoms with Crippen LogP contribution in [0, 0.1) is 6.92 Å². The van der Waals surface area contributed by atoms with Crippen molar-refractivity contribution >= 4 is 33.4 Å². The summed E-state index contributed by atoms with van der Waals surface area (Å²) >= 11 is 5.27. The van der Waals surface area contributed by atoms with Gasteiger partial charge in [0.25, 0.3) is 0 Å². The van der Waals surface area contributed by atoms with Gasteiger partial charge in [-0.2, -0.15) is 0 Å². The van der Waals surface area contributed by atoms with Gasteiger partial charge in [0, 0.05) is 21.6 Å². The summed E-state index contributed by atoms with van der Waals surface area (Å²) in [7, 11) is 0. The summed E-state index contributed by atoms with van der Waals surface area (Å²) < 4.78 is 1.10. The quantitative estimate of drug-likeness (QED) is 0.787. The smallest absolute Gasteiger partial charge is 0.0400 e. The van der Waals surface area contributed by atoms with Crippen molar-refractivity contribution in [1.29, 1.82) is 0 Å². The second kappa shape index (κ2) is 6.30. The first-order valence-corrected chi connectivity index (χ1v) is 7.84. The molecule has 0 saturated heterocycles. The van der Waals surface area contributed by atoms with Crippen molar-refractivity contribution in [2.75, 3.05) is 11.6 Å². The lowest BCUT2D eigenvalue weighted by molar-refractivity contribution is 1.13. The zero-order valence-corrected chi connectivity index (χ0v) is 12.9. The van der Waals surface area contributed by atoms with Crippen LogP contribution in [0.3, 0.4) is 0 Å². The van der Waals surface area contributed by atoms with E-state index in [2.05, 4.69) is 76.9 Å². The largest absolute Gasteiger partial charge is 0.381 e. The molecule has 1 nitrogen and oxygen atoms in total. The first-order valence-electron chi connectivity index (χ1n) is 5.82. The van der Waals surface area contributed by atoms with Gasteiger partial charge in [-0.25, -0.2) is 0 Å². The van der Waals surface area contributed by atoms with Gasteiger partial charge in [-0.1, -0.05) is 34.1 Å². The van der Waals surface area contributed by atoms with Crippen LogP contribution in [-0.2, 0) is 6.54 Å². The van der Waals surface area contributed by atoms with E-state index in [1.165, 1.54) is 21.7 Å². The summed E-state index contributed by atoms with van der Waals surface area (Å²) in [5, 5.41) is 3.47. The van der Waals surface area contributed by atoms with Gasteiger partial charge in [0.15, 0.2) is 0 Å². The zero-order chi connectivity index (χ0) is 13.0. The van der Waals surface area contributed by atoms with Crippen LogP contribution in [0.25, 0.3) is 0 Å². The minimum Gasteiger partial charge on any atom is -0.381 e. The maximum Gasteiger partial charge on any atom is 0.0400 e. The van der Waals surface area contributed by atoms with Crippen LogP contribution in [0.15, 0.2) is 51.8 Å². The summed E-state index contributed by atoms with van der Waals surface area (Å²) in [6, 6.07) is 15.0. The van der Waals surface area contributed by atoms with Crippen LogP contribution >= 0.6 is 27.7 Å². The van der Waals surface area contributed by atoms with E-state index in [9.17, 15) is 0 Å². The normalized spacial score (nSPS) is 10.4. The van der Waals surface area contributed by atoms with Gasteiger partial charge in [-0.05, 0) is 48.6 Å². The summed E-state index contributed by atoms with van der Waals surface area (Å²) in [6.45, 7) is 2.97. The minimum absolute atomic E-state index is 0.853. The van der Waals surface area contributed by atoms with Gasteiger partial charge < -0.3 is 5.32 Å². The average Bonchev–Trinajstić information content (AvgIpc) is 2.40. The van der Waals surface area contributed by atoms with Crippen molar-refractivity contribution in [2.45, 2.75) is 18.4 Å². The molecule has 0 aliphatic rings. The van der Waals surface area contributed by atoms with E-state index >= 15 is 0 Å². The Labute approximate surface area is 121 Å². The minimum atomic E-state index is 0.853.